The summed E-state index contributed by atoms with van der Waals surface area (Å²) in [7, 11) is -5.41. The quantitative estimate of drug-likeness (QED) is 0.0188. The first-order valence-electron chi connectivity index (χ1n) is 25.4. The molecule has 78 heavy (non-hydrogen) atoms. The van der Waals surface area contributed by atoms with E-state index in [0.717, 1.165) is 46.5 Å². The average Bonchev–Trinajstić information content (AvgIpc) is 3.47. The highest BCUT2D eigenvalue weighted by atomic mass is 32.3. The van der Waals surface area contributed by atoms with Crippen molar-refractivity contribution in [3.63, 3.8) is 0 Å². The van der Waals surface area contributed by atoms with Gasteiger partial charge in [0.15, 0.2) is 25.2 Å². The zero-order valence-electron chi connectivity index (χ0n) is 43.3. The lowest BCUT2D eigenvalue weighted by Gasteiger charge is -2.51. The molecule has 4 heterocycles. The SMILES string of the molecule is CCCCCCC#CCCCOc1cccc(C(=O)NC2[C@H](O[C@H]3C(O)C(NC(C)=O)[C@H](OC4C(CO)O[C@@H](O[C@H]5C(O)C(NC(C)=O)C(O)O[C@H]5COS(=O)(=O)[O-])[C@@H](NC(C)=O)[C@H]4O)O[C@H]3CO)OC(CO)[C@@H](O)[C@@H]2O)c1. The number of unbranched alkanes of at least 4 members (excludes halogenated alkanes) is 5. The van der Waals surface area contributed by atoms with Crippen LogP contribution >= 0.6 is 0 Å². The summed E-state index contributed by atoms with van der Waals surface area (Å²) in [5.41, 5.74) is 0.0426. The first-order chi connectivity index (χ1) is 37.0. The zero-order chi connectivity index (χ0) is 57.4. The Kier molecular flexibility index (Phi) is 25.2. The third kappa shape index (κ3) is 17.8. The highest BCUT2D eigenvalue weighted by Crippen LogP contribution is 2.35. The minimum absolute atomic E-state index is 0.0426. The van der Waals surface area contributed by atoms with Gasteiger partial charge in [0.2, 0.25) is 28.1 Å². The van der Waals surface area contributed by atoms with Crippen molar-refractivity contribution in [2.24, 2.45) is 0 Å². The molecule has 0 saturated carbocycles. The Morgan fingerprint density at radius 1 is 0.603 bits per heavy atom. The molecule has 442 valence electrons. The zero-order valence-corrected chi connectivity index (χ0v) is 44.1. The van der Waals surface area contributed by atoms with Crippen molar-refractivity contribution in [3.8, 4) is 17.6 Å². The van der Waals surface area contributed by atoms with Crippen molar-refractivity contribution in [3.05, 3.63) is 29.8 Å². The average molecular weight is 1140 g/mol. The molecule has 0 radical (unpaired) electrons. The van der Waals surface area contributed by atoms with Gasteiger partial charge in [-0.2, -0.15) is 0 Å². The number of amides is 4. The van der Waals surface area contributed by atoms with Crippen LogP contribution < -0.4 is 26.0 Å². The number of nitrogens with one attached hydrogen (secondary N) is 4. The van der Waals surface area contributed by atoms with Gasteiger partial charge < -0.3 is 110 Å². The maximum Gasteiger partial charge on any atom is 0.251 e. The van der Waals surface area contributed by atoms with E-state index in [4.69, 9.17) is 37.9 Å². The highest BCUT2D eigenvalue weighted by molar-refractivity contribution is 7.80. The lowest BCUT2D eigenvalue weighted by atomic mass is 9.93. The van der Waals surface area contributed by atoms with E-state index in [1.807, 2.05) is 0 Å². The number of aliphatic hydroxyl groups is 9. The molecule has 1 aromatic rings. The second-order valence-electron chi connectivity index (χ2n) is 19.0. The maximum absolute atomic E-state index is 13.8. The van der Waals surface area contributed by atoms with Crippen molar-refractivity contribution in [2.45, 2.75) is 195 Å². The summed E-state index contributed by atoms with van der Waals surface area (Å²) >= 11 is 0. The fourth-order valence-corrected chi connectivity index (χ4v) is 9.50. The Morgan fingerprint density at radius 2 is 1.08 bits per heavy atom. The van der Waals surface area contributed by atoms with Crippen LogP contribution in [0.4, 0.5) is 0 Å². The molecule has 20 atom stereocenters. The Balaban J connectivity index is 1.35. The summed E-state index contributed by atoms with van der Waals surface area (Å²) in [5, 5.41) is 109. The summed E-state index contributed by atoms with van der Waals surface area (Å²) in [6.45, 7) is 1.41. The van der Waals surface area contributed by atoms with E-state index in [0.29, 0.717) is 25.2 Å². The summed E-state index contributed by atoms with van der Waals surface area (Å²) in [5.74, 6) is 3.36. The van der Waals surface area contributed by atoms with Crippen molar-refractivity contribution >= 4 is 34.0 Å². The molecule has 4 amide bonds. The topological polar surface area (TPSA) is 439 Å². The van der Waals surface area contributed by atoms with Crippen LogP contribution in [0.15, 0.2) is 24.3 Å². The molecule has 4 aliphatic rings. The molecule has 4 fully saturated rings. The predicted molar refractivity (Wildman–Crippen MR) is 260 cm³/mol. The Labute approximate surface area is 450 Å². The van der Waals surface area contributed by atoms with Gasteiger partial charge in [0.25, 0.3) is 5.91 Å². The van der Waals surface area contributed by atoms with Crippen molar-refractivity contribution in [1.82, 2.24) is 21.3 Å². The van der Waals surface area contributed by atoms with E-state index in [2.05, 4.69) is 44.2 Å². The molecule has 9 unspecified atom stereocenters. The fourth-order valence-electron chi connectivity index (χ4n) is 9.20. The number of hydrogen-bond donors (Lipinski definition) is 13. The lowest BCUT2D eigenvalue weighted by molar-refractivity contribution is -0.361. The number of carbonyl (C=O) groups is 4. The normalized spacial score (nSPS) is 35.1. The molecule has 1 aromatic carbocycles. The standard InChI is InChI=1S/C48H74N4O25S/c1-5-6-7-8-9-10-11-12-13-17-69-27-16-14-15-26(18-27)44(64)52-33-37(60)36(59)28(19-53)72-46(33)75-41-29(20-54)73-47(34(39(41)62)50-24(3)57)76-42-30(21-55)74-48(35(40(42)63)51-25(4)58)77-43-31(22-70-78(66,67)68)71-45(65)32(38(43)61)49-23(2)56/h14-16,18,28-43,45-48,53-55,59-63,65H,5-9,12-13,17,19-22H2,1-4H3,(H,49,56)(H,50,57)(H,51,58)(H,52,64)(H,66,67,68)/p-1/t28?,29-,30?,31-,32?,33?,34?,35-,36+,37+,38?,39?,40+,41+,42?,43+,45?,46-,47-,48-/m0/s1. The van der Waals surface area contributed by atoms with Crippen molar-refractivity contribution < 1.29 is 120 Å². The minimum atomic E-state index is -5.41. The van der Waals surface area contributed by atoms with Gasteiger partial charge in [-0.3, -0.25) is 23.4 Å². The molecule has 29 nitrogen and oxygen atoms in total. The number of ether oxygens (including phenoxy) is 8. The van der Waals surface area contributed by atoms with Crippen LogP contribution in [0.1, 0.15) is 83.0 Å². The summed E-state index contributed by atoms with van der Waals surface area (Å²) in [4.78, 5) is 51.1. The van der Waals surface area contributed by atoms with Crippen LogP contribution in [-0.4, -0.2) is 238 Å². The first kappa shape index (κ1) is 64.5. The van der Waals surface area contributed by atoms with Crippen LogP contribution in [0.5, 0.6) is 5.75 Å². The summed E-state index contributed by atoms with van der Waals surface area (Å²) in [6.07, 6.45) is -23.2. The Hall–Kier alpha value is -4.31. The first-order valence-corrected chi connectivity index (χ1v) is 26.8. The minimum Gasteiger partial charge on any atom is -0.726 e. The monoisotopic (exact) mass is 1140 g/mol. The third-order valence-electron chi connectivity index (χ3n) is 13.0. The van der Waals surface area contributed by atoms with Gasteiger partial charge >= 0.3 is 0 Å². The van der Waals surface area contributed by atoms with E-state index >= 15 is 0 Å². The molecule has 5 rings (SSSR count). The summed E-state index contributed by atoms with van der Waals surface area (Å²) < 4.78 is 85.6. The van der Waals surface area contributed by atoms with Gasteiger partial charge in [0.05, 0.1) is 33.0 Å². The molecule has 0 aromatic heterocycles. The van der Waals surface area contributed by atoms with E-state index in [9.17, 15) is 78.1 Å². The van der Waals surface area contributed by atoms with E-state index in [1.165, 1.54) is 18.6 Å². The van der Waals surface area contributed by atoms with Crippen molar-refractivity contribution in [2.75, 3.05) is 33.0 Å². The Bertz CT molecular complexity index is 2280. The van der Waals surface area contributed by atoms with E-state index in [-0.39, 0.29) is 5.56 Å². The van der Waals surface area contributed by atoms with Crippen LogP contribution in [0.25, 0.3) is 0 Å². The van der Waals surface area contributed by atoms with Crippen molar-refractivity contribution in [1.29, 1.82) is 0 Å². The smallest absolute Gasteiger partial charge is 0.251 e. The lowest BCUT2D eigenvalue weighted by Crippen LogP contribution is -2.71. The number of benzene rings is 1. The number of aliphatic hydroxyl groups excluding tert-OH is 9. The third-order valence-corrected chi connectivity index (χ3v) is 13.5. The molecular formula is C48H73N4O25S-. The molecule has 4 saturated heterocycles. The van der Waals surface area contributed by atoms with Crippen LogP contribution in [0.2, 0.25) is 0 Å². The van der Waals surface area contributed by atoms with Crippen LogP contribution in [-0.2, 0) is 62.1 Å². The van der Waals surface area contributed by atoms with Crippen LogP contribution in [0.3, 0.4) is 0 Å². The molecule has 0 spiro atoms. The van der Waals surface area contributed by atoms with E-state index in [1.54, 1.807) is 12.1 Å². The molecule has 13 N–H and O–H groups in total. The molecule has 0 bridgehead atoms. The molecule has 30 heteroatoms. The van der Waals surface area contributed by atoms with Gasteiger partial charge in [0.1, 0.15) is 103 Å². The second-order valence-corrected chi connectivity index (χ2v) is 20.1. The fraction of sp³-hybridized carbons (Fsp3) is 0.750. The van der Waals surface area contributed by atoms with Gasteiger partial charge in [-0.05, 0) is 31.0 Å². The van der Waals surface area contributed by atoms with Gasteiger partial charge in [-0.1, -0.05) is 32.3 Å². The van der Waals surface area contributed by atoms with Crippen LogP contribution in [0, 0.1) is 11.8 Å². The van der Waals surface area contributed by atoms with Gasteiger partial charge in [-0.15, -0.1) is 11.8 Å². The van der Waals surface area contributed by atoms with E-state index < -0.39 is 183 Å². The predicted octanol–water partition coefficient (Wildman–Crippen LogP) is -5.26. The van der Waals surface area contributed by atoms with Gasteiger partial charge in [0, 0.05) is 39.2 Å². The molecule has 4 aliphatic heterocycles. The largest absolute Gasteiger partial charge is 0.726 e. The maximum atomic E-state index is 13.8. The number of hydrogen-bond acceptors (Lipinski definition) is 25. The summed E-state index contributed by atoms with van der Waals surface area (Å²) in [6, 6.07) is -0.788. The molecule has 0 aliphatic carbocycles. The second kappa shape index (κ2) is 30.5. The number of carbonyl (C=O) groups excluding carboxylic acids is 4. The molecular weight excluding hydrogens is 1060 g/mol. The number of rotatable bonds is 25. The van der Waals surface area contributed by atoms with Gasteiger partial charge in [-0.25, -0.2) is 8.42 Å². The highest BCUT2D eigenvalue weighted by Gasteiger charge is 2.56. The Morgan fingerprint density at radius 3 is 1.58 bits per heavy atom.